The number of likely N-dealkylation sites (N-methyl/N-ethyl adjacent to an activating group) is 1. The molecule has 2 heteroatoms. The van der Waals surface area contributed by atoms with E-state index in [4.69, 9.17) is 5.26 Å². The molecule has 0 bridgehead atoms. The van der Waals surface area contributed by atoms with Crippen LogP contribution in [-0.4, -0.2) is 25.0 Å². The first kappa shape index (κ1) is 19.7. The Morgan fingerprint density at radius 1 is 1.16 bits per heavy atom. The Bertz CT molecular complexity index is 347. The monoisotopic (exact) mass is 260 g/mol. The van der Waals surface area contributed by atoms with Gasteiger partial charge in [0.1, 0.15) is 0 Å². The van der Waals surface area contributed by atoms with Crippen LogP contribution in [0.15, 0.2) is 36.9 Å². The Balaban J connectivity index is 0. The lowest BCUT2D eigenvalue weighted by Gasteiger charge is -2.13. The van der Waals surface area contributed by atoms with E-state index in [0.717, 1.165) is 25.1 Å². The second-order valence-corrected chi connectivity index (χ2v) is 3.61. The second-order valence-electron chi connectivity index (χ2n) is 3.61. The maximum atomic E-state index is 8.65. The van der Waals surface area contributed by atoms with Crippen LogP contribution in [0.4, 0.5) is 0 Å². The van der Waals surface area contributed by atoms with E-state index in [9.17, 15) is 0 Å². The first-order chi connectivity index (χ1) is 9.26. The molecule has 1 aromatic rings. The number of benzene rings is 1. The molecule has 0 spiro atoms. The molecule has 0 radical (unpaired) electrons. The number of rotatable bonds is 5. The van der Waals surface area contributed by atoms with Gasteiger partial charge in [0.15, 0.2) is 0 Å². The van der Waals surface area contributed by atoms with Gasteiger partial charge in [-0.15, -0.1) is 6.58 Å². The lowest BCUT2D eigenvalue weighted by Crippen LogP contribution is -2.20. The highest BCUT2D eigenvalue weighted by molar-refractivity contribution is 5.31. The summed E-state index contributed by atoms with van der Waals surface area (Å²) in [6.07, 6.45) is 2.91. The van der Waals surface area contributed by atoms with E-state index >= 15 is 0 Å². The standard InChI is InChI=1S/C13H16N2.2C2H6/c1-3-9-15(2)10-8-12-4-6-13(11-14)7-5-12;2*1-2/h3-7H,1,8-10H2,2H3;2*1-2H3. The van der Waals surface area contributed by atoms with Crippen LogP contribution in [0, 0.1) is 11.3 Å². The summed E-state index contributed by atoms with van der Waals surface area (Å²) >= 11 is 0. The van der Waals surface area contributed by atoms with E-state index < -0.39 is 0 Å². The molecule has 0 atom stereocenters. The van der Waals surface area contributed by atoms with Gasteiger partial charge in [-0.05, 0) is 31.2 Å². The number of hydrogen-bond donors (Lipinski definition) is 0. The van der Waals surface area contributed by atoms with Crippen LogP contribution in [0.5, 0.6) is 0 Å². The van der Waals surface area contributed by atoms with Crippen molar-refractivity contribution in [2.45, 2.75) is 34.1 Å². The Morgan fingerprint density at radius 2 is 1.68 bits per heavy atom. The molecule has 19 heavy (non-hydrogen) atoms. The topological polar surface area (TPSA) is 27.0 Å². The molecule has 0 N–H and O–H groups in total. The molecule has 0 aromatic heterocycles. The minimum Gasteiger partial charge on any atom is -0.302 e. The third kappa shape index (κ3) is 10.1. The zero-order valence-corrected chi connectivity index (χ0v) is 13.1. The Hall–Kier alpha value is -1.59. The van der Waals surface area contributed by atoms with Gasteiger partial charge in [-0.3, -0.25) is 0 Å². The third-order valence-electron chi connectivity index (χ3n) is 2.31. The van der Waals surface area contributed by atoms with E-state index in [1.807, 2.05) is 58.0 Å². The molecule has 0 saturated heterocycles. The van der Waals surface area contributed by atoms with Crippen LogP contribution >= 0.6 is 0 Å². The maximum absolute atomic E-state index is 8.65. The molecule has 1 rings (SSSR count). The van der Waals surface area contributed by atoms with Crippen molar-refractivity contribution in [2.75, 3.05) is 20.1 Å². The fraction of sp³-hybridized carbons (Fsp3) is 0.471. The van der Waals surface area contributed by atoms with E-state index in [0.29, 0.717) is 0 Å². The minimum absolute atomic E-state index is 0.721. The summed E-state index contributed by atoms with van der Waals surface area (Å²) in [7, 11) is 2.07. The smallest absolute Gasteiger partial charge is 0.0991 e. The zero-order valence-electron chi connectivity index (χ0n) is 13.1. The molecule has 0 fully saturated rings. The van der Waals surface area contributed by atoms with E-state index in [2.05, 4.69) is 24.6 Å². The lowest BCUT2D eigenvalue weighted by molar-refractivity contribution is 0.375. The van der Waals surface area contributed by atoms with Crippen molar-refractivity contribution in [2.24, 2.45) is 0 Å². The van der Waals surface area contributed by atoms with Gasteiger partial charge in [-0.1, -0.05) is 45.9 Å². The first-order valence-electron chi connectivity index (χ1n) is 7.04. The first-order valence-corrected chi connectivity index (χ1v) is 7.04. The lowest BCUT2D eigenvalue weighted by atomic mass is 10.1. The van der Waals surface area contributed by atoms with Crippen molar-refractivity contribution < 1.29 is 0 Å². The van der Waals surface area contributed by atoms with Crippen molar-refractivity contribution in [1.29, 1.82) is 5.26 Å². The fourth-order valence-corrected chi connectivity index (χ4v) is 1.38. The van der Waals surface area contributed by atoms with Gasteiger partial charge in [-0.2, -0.15) is 5.26 Å². The summed E-state index contributed by atoms with van der Waals surface area (Å²) in [5.41, 5.74) is 1.99. The molecule has 0 heterocycles. The molecular formula is C17H28N2. The molecule has 0 aliphatic heterocycles. The number of nitriles is 1. The van der Waals surface area contributed by atoms with Crippen molar-refractivity contribution in [1.82, 2.24) is 4.90 Å². The van der Waals surface area contributed by atoms with E-state index in [1.54, 1.807) is 0 Å². The number of hydrogen-bond acceptors (Lipinski definition) is 2. The van der Waals surface area contributed by atoms with Crippen molar-refractivity contribution >= 4 is 0 Å². The zero-order chi connectivity index (χ0) is 15.1. The molecule has 1 aromatic carbocycles. The van der Waals surface area contributed by atoms with Crippen molar-refractivity contribution in [3.63, 3.8) is 0 Å². The predicted molar refractivity (Wildman–Crippen MR) is 85.3 cm³/mol. The van der Waals surface area contributed by atoms with Gasteiger partial charge >= 0.3 is 0 Å². The Morgan fingerprint density at radius 3 is 2.11 bits per heavy atom. The summed E-state index contributed by atoms with van der Waals surface area (Å²) in [5, 5.41) is 8.65. The Kier molecular flexibility index (Phi) is 15.0. The highest BCUT2D eigenvalue weighted by Gasteiger charge is 1.97. The van der Waals surface area contributed by atoms with Crippen LogP contribution < -0.4 is 0 Å². The second kappa shape index (κ2) is 14.5. The van der Waals surface area contributed by atoms with Crippen LogP contribution in [0.2, 0.25) is 0 Å². The van der Waals surface area contributed by atoms with E-state index in [-0.39, 0.29) is 0 Å². The predicted octanol–water partition coefficient (Wildman–Crippen LogP) is 4.27. The molecular weight excluding hydrogens is 232 g/mol. The quantitative estimate of drug-likeness (QED) is 0.739. The summed E-state index contributed by atoms with van der Waals surface area (Å²) in [5.74, 6) is 0. The van der Waals surface area contributed by atoms with Gasteiger partial charge < -0.3 is 4.90 Å². The largest absolute Gasteiger partial charge is 0.302 e. The molecule has 0 aliphatic carbocycles. The van der Waals surface area contributed by atoms with Gasteiger partial charge in [0.25, 0.3) is 0 Å². The normalized spacial score (nSPS) is 8.47. The highest BCUT2D eigenvalue weighted by Crippen LogP contribution is 2.04. The Labute approximate surface area is 119 Å². The fourth-order valence-electron chi connectivity index (χ4n) is 1.38. The average Bonchev–Trinajstić information content (AvgIpc) is 2.50. The van der Waals surface area contributed by atoms with Crippen molar-refractivity contribution in [3.05, 3.63) is 48.0 Å². The molecule has 0 aliphatic rings. The van der Waals surface area contributed by atoms with Crippen LogP contribution in [0.1, 0.15) is 38.8 Å². The molecule has 0 unspecified atom stereocenters. The van der Waals surface area contributed by atoms with Gasteiger partial charge in [0.2, 0.25) is 0 Å². The minimum atomic E-state index is 0.721. The van der Waals surface area contributed by atoms with E-state index in [1.165, 1.54) is 5.56 Å². The summed E-state index contributed by atoms with van der Waals surface area (Å²) in [6.45, 7) is 13.6. The molecule has 0 amide bonds. The summed E-state index contributed by atoms with van der Waals surface area (Å²) in [6, 6.07) is 9.87. The van der Waals surface area contributed by atoms with Crippen molar-refractivity contribution in [3.8, 4) is 6.07 Å². The maximum Gasteiger partial charge on any atom is 0.0991 e. The summed E-state index contributed by atoms with van der Waals surface area (Å²) in [4.78, 5) is 2.21. The molecule has 2 nitrogen and oxygen atoms in total. The average molecular weight is 260 g/mol. The third-order valence-corrected chi connectivity index (χ3v) is 2.31. The SMILES string of the molecule is C=CCN(C)CCc1ccc(C#N)cc1.CC.CC. The molecule has 0 saturated carbocycles. The molecule has 106 valence electrons. The highest BCUT2D eigenvalue weighted by atomic mass is 15.1. The van der Waals surface area contributed by atoms with Crippen LogP contribution in [0.25, 0.3) is 0 Å². The van der Waals surface area contributed by atoms with Gasteiger partial charge in [0, 0.05) is 13.1 Å². The van der Waals surface area contributed by atoms with Gasteiger partial charge in [-0.25, -0.2) is 0 Å². The van der Waals surface area contributed by atoms with Gasteiger partial charge in [0.05, 0.1) is 11.6 Å². The number of nitrogens with zero attached hydrogens (tertiary/aromatic N) is 2. The van der Waals surface area contributed by atoms with Crippen LogP contribution in [-0.2, 0) is 6.42 Å². The van der Waals surface area contributed by atoms with Crippen LogP contribution in [0.3, 0.4) is 0 Å². The summed E-state index contributed by atoms with van der Waals surface area (Å²) < 4.78 is 0.